The van der Waals surface area contributed by atoms with Gasteiger partial charge in [0, 0.05) is 202 Å². The molecule has 7 heterocycles. The first-order valence-corrected chi connectivity index (χ1v) is 45.6. The van der Waals surface area contributed by atoms with Gasteiger partial charge in [-0.2, -0.15) is 26.2 Å². The summed E-state index contributed by atoms with van der Waals surface area (Å²) < 4.78 is 121. The quantitative estimate of drug-likeness (QED) is 0.00430. The molecule has 2 aromatic carbocycles. The van der Waals surface area contributed by atoms with Crippen LogP contribution in [0.3, 0.4) is 0 Å². The Labute approximate surface area is 798 Å². The number of sulfonamides is 1. The number of hydrogen-bond donors (Lipinski definition) is 18. The summed E-state index contributed by atoms with van der Waals surface area (Å²) >= 11 is 0. The van der Waals surface area contributed by atoms with Crippen LogP contribution in [-0.4, -0.2) is 383 Å². The van der Waals surface area contributed by atoms with Gasteiger partial charge in [0.2, 0.25) is 57.5 Å². The number of aromatic amines is 1. The first kappa shape index (κ1) is 110. The van der Waals surface area contributed by atoms with E-state index in [1.807, 2.05) is 10.2 Å². The number of carbonyl (C=O) groups is 13. The largest absolute Gasteiger partial charge is 0.494 e. The molecule has 135 heavy (non-hydrogen) atoms. The molecule has 20 N–H and O–H groups in total. The minimum atomic E-state index is -5.12. The summed E-state index contributed by atoms with van der Waals surface area (Å²) in [4.78, 5) is 202. The van der Waals surface area contributed by atoms with E-state index in [9.17, 15) is 132 Å². The van der Waals surface area contributed by atoms with Gasteiger partial charge in [-0.1, -0.05) is 11.1 Å². The number of Topliss-reactive ketones (excluding diaryl/α,β-unsaturated/α-hetero) is 2. The molecule has 5 aliphatic rings. The number of carbonyl (C=O) groups excluding carboxylic acids is 9. The number of hydrogen-bond acceptors (Lipinski definition) is 37. The Kier molecular flexibility index (Phi) is 40.4. The molecule has 1 aliphatic carbocycles. The van der Waals surface area contributed by atoms with Gasteiger partial charge in [-0.25, -0.2) is 18.2 Å². The van der Waals surface area contributed by atoms with Gasteiger partial charge in [0.1, 0.15) is 54.2 Å². The molecule has 0 saturated carbocycles. The normalized spacial score (nSPS) is 18.3. The number of primary amides is 1. The smallest absolute Gasteiger partial charge is 0.490 e. The summed E-state index contributed by atoms with van der Waals surface area (Å²) in [6, 6.07) is 2.67. The van der Waals surface area contributed by atoms with Gasteiger partial charge in [0.15, 0.2) is 17.1 Å². The van der Waals surface area contributed by atoms with Crippen LogP contribution in [0.2, 0.25) is 0 Å². The number of methoxy groups -OCH3 is 2. The van der Waals surface area contributed by atoms with E-state index in [0.717, 1.165) is 22.6 Å². The standard InChI is InChI=1S/C54H76N14O23S3.C15H18N4O5.C7H11N5O4.Lu/c1-33-21-36(22-34(2)49(33)94(89,90)63-38(53(81)82)26-59-52(80)42-24-43(69)37-7-6-35(23-41(37)64(42)3)25-60-54-57-10-11-58-54)91-20-4-5-44(70)55-8-9-56-50(78)39(31-92(83,84)85)62-51(79)40(32-93(86,87)88)61-45(71)27-65-12-14-66(28-46(72)73)16-18-68(30-48(76)77)19-17-67(15-13-65)29-47(74)75;1-5-9(16)12(21)8-6(4-24-14(17)22)15(23-2)13-7(18-13)3-19(15)10(8)11(5)20;1-16-3-2-8-6(13)4-11-5-9-7(10-11)12(14)15;/h6-7,10-11,21-24,38-40,63H,4-5,8-9,12-20,25-32H2,1-3H3,(H,55,70)(H,56,78)(H,59,80)(H,61,71)(H,62,79)(H,72,73)(H,74,75)(H,76,77)(H,81,82)(H2,57,58,60)(H,83,84,85)(H,86,87,88);6-7,13,18H,3-4,16H2,1-2H3,(H2,17,22);5H,2-4H2,1H3,(H,8,13);/t38-,39-,40-;6-,7+,13+,15-;;/m01../s1/i;;;1+2. The van der Waals surface area contributed by atoms with Crippen LogP contribution in [0.15, 0.2) is 87.3 Å². The van der Waals surface area contributed by atoms with Crippen molar-refractivity contribution >= 4 is 130 Å². The van der Waals surface area contributed by atoms with Crippen molar-refractivity contribution in [1.29, 1.82) is 0 Å². The number of carboxylic acid groups (broad SMARTS) is 4. The Morgan fingerprint density at radius 1 is 0.696 bits per heavy atom. The van der Waals surface area contributed by atoms with Crippen molar-refractivity contribution in [3.8, 4) is 5.75 Å². The molecule has 7 atom stereocenters. The second kappa shape index (κ2) is 49.5. The van der Waals surface area contributed by atoms with Gasteiger partial charge in [0.05, 0.1) is 73.2 Å². The van der Waals surface area contributed by atoms with E-state index in [1.54, 1.807) is 30.6 Å². The Balaban J connectivity index is 0.000000488. The Morgan fingerprint density at radius 2 is 1.27 bits per heavy atom. The molecule has 59 heteroatoms. The third-order valence-electron chi connectivity index (χ3n) is 21.3. The second-order valence-corrected chi connectivity index (χ2v) is 35.7. The van der Waals surface area contributed by atoms with Crippen molar-refractivity contribution in [2.75, 3.05) is 162 Å². The van der Waals surface area contributed by atoms with Crippen LogP contribution in [0, 0.1) is 66.8 Å². The molecule has 1 radical (unpaired) electrons. The number of amides is 7. The van der Waals surface area contributed by atoms with Crippen LogP contribution in [0.25, 0.3) is 10.9 Å². The molecule has 0 bridgehead atoms. The van der Waals surface area contributed by atoms with E-state index in [1.165, 1.54) is 78.3 Å². The van der Waals surface area contributed by atoms with Crippen molar-refractivity contribution in [1.82, 2.24) is 95.7 Å². The number of imidazole rings is 1. The van der Waals surface area contributed by atoms with Gasteiger partial charge < -0.3 is 118 Å². The summed E-state index contributed by atoms with van der Waals surface area (Å²) in [5.41, 5.74) is 11.5. The molecule has 3 saturated heterocycles. The zero-order valence-electron chi connectivity index (χ0n) is 73.4. The van der Waals surface area contributed by atoms with E-state index >= 15 is 0 Å². The van der Waals surface area contributed by atoms with Crippen LogP contribution < -0.4 is 68.9 Å². The maximum atomic E-state index is 13.7. The molecule has 10 rings (SSSR count). The van der Waals surface area contributed by atoms with Gasteiger partial charge in [0.25, 0.3) is 26.1 Å². The fourth-order valence-electron chi connectivity index (χ4n) is 15.1. The monoisotopic (exact) mass is 2120 g/mol. The average molecular weight is 2130 g/mol. The Bertz CT molecular complexity index is 5690. The summed E-state index contributed by atoms with van der Waals surface area (Å²) in [5.74, 6) is -15.1. The molecule has 3 fully saturated rings. The van der Waals surface area contributed by atoms with Crippen molar-refractivity contribution in [3.05, 3.63) is 120 Å². The summed E-state index contributed by atoms with van der Waals surface area (Å²) in [6.45, 7) is 2.13. The van der Waals surface area contributed by atoms with E-state index < -0.39 is 192 Å². The molecule has 749 valence electrons. The number of anilines is 1. The summed E-state index contributed by atoms with van der Waals surface area (Å²) in [7, 11) is -10.2. The van der Waals surface area contributed by atoms with E-state index in [0.29, 0.717) is 48.8 Å². The third kappa shape index (κ3) is 31.9. The van der Waals surface area contributed by atoms with Crippen LogP contribution >= 0.6 is 0 Å². The van der Waals surface area contributed by atoms with Crippen LogP contribution in [-0.2, 0) is 117 Å². The van der Waals surface area contributed by atoms with Gasteiger partial charge in [-0.15, -0.1) is 0 Å². The number of H-pyrrole nitrogens is 1. The van der Waals surface area contributed by atoms with Crippen molar-refractivity contribution in [2.45, 2.75) is 87.5 Å². The first-order chi connectivity index (χ1) is 63.0. The number of nitrogens with two attached hydrogens (primary N) is 2. The molecule has 55 nitrogen and oxygen atoms in total. The van der Waals surface area contributed by atoms with E-state index in [-0.39, 0.29) is 196 Å². The SMILES string of the molecule is COCCNC(=O)Cn1cnc([N+](=O)[O-])n1.CO[C@@]12[C@H](COC(N)=O)C3=C(C(=O)C(C)=C(N)C3=O)N1C[C@@H]1N[C@@H]12.Cc1cc(OCCCC(=O)NCCNC(=O)[C@H](CS(=O)(=O)O)NC(=O)[C@H](CS(=O)(=O)O)NC(=O)CN2CCN(CC(=O)O)CCN(CC(=O)O)CCN(CC(=O)O)CC2)cc(C)c1S(=O)(=O)N[C@@H](CNC(=O)c1cc(=O)c2ccc(CNc3ncc[nH]3)cc2n1C)C(=O)O.[177Lu]. The van der Waals surface area contributed by atoms with Gasteiger partial charge >= 0.3 is 35.9 Å². The summed E-state index contributed by atoms with van der Waals surface area (Å²) in [5, 5.41) is 72.6. The van der Waals surface area contributed by atoms with Crippen LogP contribution in [0.5, 0.6) is 5.75 Å². The fourth-order valence-corrected chi connectivity index (χ4v) is 18.0. The number of aryl methyl sites for hydroxylation is 3. The van der Waals surface area contributed by atoms with Gasteiger partial charge in [-0.3, -0.25) is 91.0 Å². The molecule has 3 aromatic heterocycles. The maximum Gasteiger partial charge on any atom is 0.490 e. The molecule has 4 aliphatic heterocycles. The number of benzene rings is 2. The molecule has 0 spiro atoms. The number of rotatable bonds is 43. The second-order valence-electron chi connectivity index (χ2n) is 31.1. The zero-order valence-corrected chi connectivity index (χ0v) is 77.5. The number of aliphatic carboxylic acids is 4. The number of pyridine rings is 1. The number of piperazine rings is 1. The van der Waals surface area contributed by atoms with Crippen LogP contribution in [0.4, 0.5) is 16.7 Å². The van der Waals surface area contributed by atoms with E-state index in [2.05, 4.69) is 62.0 Å². The number of nitrogens with zero attached hydrogens (tertiary/aromatic N) is 11. The minimum Gasteiger partial charge on any atom is -0.494 e. The van der Waals surface area contributed by atoms with E-state index in [4.69, 9.17) is 30.4 Å². The number of carboxylic acids is 4. The topological polar surface area (TPSA) is 794 Å². The average Bonchev–Trinajstić information content (AvgIpc) is 1.50. The van der Waals surface area contributed by atoms with Crippen LogP contribution in [0.1, 0.15) is 46.9 Å². The Morgan fingerprint density at radius 3 is 1.79 bits per heavy atom. The fraction of sp³-hybridized carbons (Fsp3) is 0.513. The molecular formula is C76H105LuN23O32S3. The Hall–Kier alpha value is -11.9. The van der Waals surface area contributed by atoms with Crippen molar-refractivity contribution in [2.24, 2.45) is 24.4 Å². The molecule has 5 aromatic rings. The maximum absolute atomic E-state index is 13.7. The predicted octanol–water partition coefficient (Wildman–Crippen LogP) is -7.44. The molecular weight excluding hydrogens is 2020 g/mol. The minimum absolute atomic E-state index is 0. The molecule has 7 amide bonds. The molecule has 0 unspecified atom stereocenters. The van der Waals surface area contributed by atoms with Gasteiger partial charge in [-0.05, 0) is 73.1 Å². The number of ketones is 2. The number of ether oxygens (including phenoxy) is 4. The number of nitrogens with one attached hydrogen (secondary N) is 10. The number of aromatic nitrogens is 6. The number of fused-ring (bicyclic) bond motifs is 5. The number of nitro groups is 1. The first-order valence-electron chi connectivity index (χ1n) is 40.9. The van der Waals surface area contributed by atoms with Crippen molar-refractivity contribution in [3.63, 3.8) is 0 Å². The predicted molar refractivity (Wildman–Crippen MR) is 463 cm³/mol. The van der Waals surface area contributed by atoms with Crippen molar-refractivity contribution < 1.29 is 178 Å². The summed E-state index contributed by atoms with van der Waals surface area (Å²) in [6.07, 6.45) is 3.30. The zero-order chi connectivity index (χ0) is 99.0. The third-order valence-corrected chi connectivity index (χ3v) is 24.6. The number of allylic oxidation sites excluding steroid dienone is 2.